The maximum absolute atomic E-state index is 4.76. The number of aromatic nitrogens is 6. The normalized spacial score (nSPS) is 10.8. The number of pyridine rings is 4. The maximum Gasteiger partial charge on any atom is 3.00 e. The molecule has 0 aliphatic carbocycles. The van der Waals surface area contributed by atoms with Crippen LogP contribution in [0.5, 0.6) is 0 Å². The van der Waals surface area contributed by atoms with Gasteiger partial charge < -0.3 is 29.9 Å². The number of nitrogens with zero attached hydrogens (tertiary/aromatic N) is 6. The first kappa shape index (κ1) is 76.1. The van der Waals surface area contributed by atoms with Crippen LogP contribution in [0, 0.1) is 36.4 Å². The van der Waals surface area contributed by atoms with Crippen LogP contribution in [0.15, 0.2) is 413 Å². The van der Waals surface area contributed by atoms with E-state index in [0.29, 0.717) is 11.4 Å². The van der Waals surface area contributed by atoms with E-state index in [1.165, 1.54) is 44.5 Å². The van der Waals surface area contributed by atoms with Gasteiger partial charge in [-0.2, -0.15) is 5.56 Å². The molecule has 0 saturated carbocycles. The summed E-state index contributed by atoms with van der Waals surface area (Å²) in [5, 5.41) is 0. The minimum Gasteiger partial charge on any atom is -0.332 e. The van der Waals surface area contributed by atoms with Gasteiger partial charge in [0.1, 0.15) is 0 Å². The van der Waals surface area contributed by atoms with Crippen molar-refractivity contribution in [3.63, 3.8) is 0 Å². The van der Waals surface area contributed by atoms with Crippen molar-refractivity contribution in [3.8, 4) is 190 Å². The Morgan fingerprint density at radius 3 is 0.707 bits per heavy atom. The monoisotopic (exact) mass is 1830 g/mol. The van der Waals surface area contributed by atoms with Crippen molar-refractivity contribution in [3.05, 3.63) is 450 Å². The summed E-state index contributed by atoms with van der Waals surface area (Å²) in [6.45, 7) is 0. The quantitative estimate of drug-likeness (QED) is 0.0846. The van der Waals surface area contributed by atoms with Crippen molar-refractivity contribution in [2.45, 2.75) is 0 Å². The molecule has 0 atom stereocenters. The summed E-state index contributed by atoms with van der Waals surface area (Å²) < 4.78 is 0. The SMILES string of the molecule is [Ir+3].[Ir+3].[c-]1cc(-c2ccccc2-c2cc(-c3ccccc3-c3c[c-]c(-c4ccccn4)cc3)cc(-c3ccccc3-c3c[c-]c(-c4ccccn4)cc3)c2)c[c-]c1-c1ncc(-c2ccc(-c3ccccc3)cc2)cn1.[c-]1cc(-c2ccccc2-c2cccc(-c3ccccc3-c3c[c-]c(-c4ccccn4)cc3)c2)ccc1-c1ccccn1. The number of hydrogen-bond donors (Lipinski definition) is 0. The van der Waals surface area contributed by atoms with Gasteiger partial charge in [0.25, 0.3) is 0 Å². The Morgan fingerprint density at radius 1 is 0.164 bits per heavy atom. The van der Waals surface area contributed by atoms with Gasteiger partial charge in [0, 0.05) is 42.7 Å². The summed E-state index contributed by atoms with van der Waals surface area (Å²) in [5.74, 6) is 0.571. The van der Waals surface area contributed by atoms with Gasteiger partial charge in [-0.05, 0) is 149 Å². The number of benzene rings is 14. The molecule has 0 amide bonds. The Bertz CT molecular complexity index is 6210. The van der Waals surface area contributed by atoms with E-state index in [9.17, 15) is 0 Å². The van der Waals surface area contributed by atoms with E-state index >= 15 is 0 Å². The molecule has 0 unspecified atom stereocenters. The molecular formula is C108H68Ir2N6. The van der Waals surface area contributed by atoms with Crippen molar-refractivity contribution in [1.82, 2.24) is 29.9 Å². The molecule has 0 N–H and O–H groups in total. The molecule has 8 heteroatoms. The molecule has 19 rings (SSSR count). The van der Waals surface area contributed by atoms with Crippen molar-refractivity contribution >= 4 is 0 Å². The molecule has 548 valence electrons. The zero-order chi connectivity index (χ0) is 76.2. The fourth-order valence-electron chi connectivity index (χ4n) is 14.7. The molecule has 14 aromatic carbocycles. The van der Waals surface area contributed by atoms with Crippen LogP contribution >= 0.6 is 0 Å². The third-order valence-corrected chi connectivity index (χ3v) is 20.5. The zero-order valence-corrected chi connectivity index (χ0v) is 67.4. The predicted molar refractivity (Wildman–Crippen MR) is 465 cm³/mol. The van der Waals surface area contributed by atoms with E-state index in [1.54, 1.807) is 0 Å². The van der Waals surface area contributed by atoms with E-state index in [2.05, 4.69) is 341 Å². The molecule has 0 bridgehead atoms. The first-order chi connectivity index (χ1) is 56.5. The van der Waals surface area contributed by atoms with Crippen molar-refractivity contribution < 1.29 is 40.2 Å². The van der Waals surface area contributed by atoms with Gasteiger partial charge in [0.05, 0.1) is 0 Å². The molecule has 5 heterocycles. The summed E-state index contributed by atoms with van der Waals surface area (Å²) >= 11 is 0. The molecule has 6 nitrogen and oxygen atoms in total. The second kappa shape index (κ2) is 35.8. The maximum atomic E-state index is 4.76. The van der Waals surface area contributed by atoms with E-state index < -0.39 is 0 Å². The first-order valence-electron chi connectivity index (χ1n) is 37.9. The predicted octanol–water partition coefficient (Wildman–Crippen LogP) is 26.9. The van der Waals surface area contributed by atoms with Crippen molar-refractivity contribution in [2.75, 3.05) is 0 Å². The van der Waals surface area contributed by atoms with Gasteiger partial charge >= 0.3 is 40.2 Å². The molecule has 19 aromatic rings. The van der Waals surface area contributed by atoms with Crippen LogP contribution in [0.25, 0.3) is 190 Å². The van der Waals surface area contributed by atoms with Crippen LogP contribution < -0.4 is 0 Å². The summed E-state index contributed by atoms with van der Waals surface area (Å²) in [5.41, 5.74) is 34.9. The number of rotatable bonds is 17. The zero-order valence-electron chi connectivity index (χ0n) is 62.6. The van der Waals surface area contributed by atoms with Gasteiger partial charge in [-0.15, -0.1) is 119 Å². The van der Waals surface area contributed by atoms with Crippen LogP contribution in [-0.4, -0.2) is 29.9 Å². The van der Waals surface area contributed by atoms with Gasteiger partial charge in [-0.1, -0.05) is 293 Å². The van der Waals surface area contributed by atoms with Crippen LogP contribution in [0.1, 0.15) is 0 Å². The van der Waals surface area contributed by atoms with Crippen molar-refractivity contribution in [1.29, 1.82) is 0 Å². The minimum absolute atomic E-state index is 0. The minimum atomic E-state index is 0. The molecular weight excluding hydrogens is 1770 g/mol. The first-order valence-corrected chi connectivity index (χ1v) is 37.9. The Balaban J connectivity index is 0.000000195. The smallest absolute Gasteiger partial charge is 0.332 e. The topological polar surface area (TPSA) is 77.3 Å². The Kier molecular flexibility index (Phi) is 23.5. The van der Waals surface area contributed by atoms with Crippen LogP contribution in [0.4, 0.5) is 0 Å². The van der Waals surface area contributed by atoms with Crippen molar-refractivity contribution in [2.24, 2.45) is 0 Å². The van der Waals surface area contributed by atoms with Gasteiger partial charge in [0.15, 0.2) is 0 Å². The summed E-state index contributed by atoms with van der Waals surface area (Å²) in [7, 11) is 0. The Morgan fingerprint density at radius 2 is 0.405 bits per heavy atom. The Hall–Kier alpha value is -13.9. The van der Waals surface area contributed by atoms with E-state index in [1.807, 2.05) is 128 Å². The largest absolute Gasteiger partial charge is 3.00 e. The van der Waals surface area contributed by atoms with Crippen LogP contribution in [0.3, 0.4) is 0 Å². The number of hydrogen-bond acceptors (Lipinski definition) is 6. The molecule has 0 aliphatic heterocycles. The fraction of sp³-hybridized carbons (Fsp3) is 0. The summed E-state index contributed by atoms with van der Waals surface area (Å²) in [4.78, 5) is 27.6. The second-order valence-corrected chi connectivity index (χ2v) is 27.6. The van der Waals surface area contributed by atoms with Gasteiger partial charge in [-0.3, -0.25) is 12.1 Å². The second-order valence-electron chi connectivity index (χ2n) is 27.6. The standard InChI is InChI=1S/C68H42N4.C40H26N2.2Ir/c1-2-14-47(15-3-1)48-24-26-49(27-25-48)59-45-71-68(72-46-59)55-38-32-52(33-39-55)62-18-6-9-21-65(62)58-43-56(63-19-7-4-16-60(63)50-28-34-53(35-29-50)66-22-10-12-40-69-66)42-57(44-58)64-20-8-5-17-61(64)51-30-36-54(37-31-51)67-23-11-13-41-70-67;1-3-14-37(35(12-1)29-18-22-31(23-19-29)39-16-5-7-26-41-39)33-10-9-11-34(28-33)38-15-4-2-13-36(38)30-20-24-32(25-21-30)40-17-6-8-27-42-40;;/h1-34,36,40-46H;1-22,24,26-28H;;/q-4;-2;2*+3. The van der Waals surface area contributed by atoms with E-state index in [4.69, 9.17) is 9.97 Å². The van der Waals surface area contributed by atoms with Crippen LogP contribution in [-0.2, 0) is 40.2 Å². The summed E-state index contributed by atoms with van der Waals surface area (Å²) in [6, 6.07) is 152. The van der Waals surface area contributed by atoms with E-state index in [0.717, 1.165) is 134 Å². The van der Waals surface area contributed by atoms with Gasteiger partial charge in [-0.25, -0.2) is 17.7 Å². The molecule has 0 fully saturated rings. The average molecular weight is 1830 g/mol. The van der Waals surface area contributed by atoms with Gasteiger partial charge in [0.2, 0.25) is 0 Å². The molecule has 0 aliphatic rings. The average Bonchev–Trinajstić information content (AvgIpc) is 0.771. The molecule has 0 spiro atoms. The molecule has 5 aromatic heterocycles. The van der Waals surface area contributed by atoms with E-state index in [-0.39, 0.29) is 40.2 Å². The van der Waals surface area contributed by atoms with Crippen LogP contribution in [0.2, 0.25) is 0 Å². The summed E-state index contributed by atoms with van der Waals surface area (Å²) in [6.07, 6.45) is 11.0. The third kappa shape index (κ3) is 16.9. The molecule has 0 saturated heterocycles. The fourth-order valence-corrected chi connectivity index (χ4v) is 14.7. The molecule has 116 heavy (non-hydrogen) atoms. The third-order valence-electron chi connectivity index (χ3n) is 20.5. The molecule has 0 radical (unpaired) electrons. The Labute approximate surface area is 704 Å².